The van der Waals surface area contributed by atoms with Crippen LogP contribution in [0, 0.1) is 0 Å². The smallest absolute Gasteiger partial charge is 0.160 e. The minimum absolute atomic E-state index is 0.0747. The third-order valence-electron chi connectivity index (χ3n) is 12.1. The molecule has 57 heavy (non-hydrogen) atoms. The van der Waals surface area contributed by atoms with Crippen LogP contribution in [-0.4, -0.2) is 9.97 Å². The van der Waals surface area contributed by atoms with Crippen LogP contribution in [0.4, 0.5) is 0 Å². The van der Waals surface area contributed by atoms with Gasteiger partial charge < -0.3 is 0 Å². The van der Waals surface area contributed by atoms with Gasteiger partial charge in [-0.3, -0.25) is 0 Å². The second kappa shape index (κ2) is 13.0. The van der Waals surface area contributed by atoms with E-state index in [4.69, 9.17) is 9.97 Å². The molecule has 0 spiro atoms. The molecule has 1 aromatic heterocycles. The van der Waals surface area contributed by atoms with E-state index in [1.165, 1.54) is 65.9 Å². The summed E-state index contributed by atoms with van der Waals surface area (Å²) >= 11 is 0. The zero-order valence-corrected chi connectivity index (χ0v) is 31.9. The third kappa shape index (κ3) is 5.48. The van der Waals surface area contributed by atoms with Gasteiger partial charge in [-0.25, -0.2) is 9.97 Å². The first-order valence-corrected chi connectivity index (χ1v) is 19.7. The first kappa shape index (κ1) is 33.2. The first-order valence-electron chi connectivity index (χ1n) is 19.7. The van der Waals surface area contributed by atoms with E-state index in [1.54, 1.807) is 0 Å². The summed E-state index contributed by atoms with van der Waals surface area (Å²) in [6.07, 6.45) is 0. The minimum Gasteiger partial charge on any atom is -0.228 e. The van der Waals surface area contributed by atoms with Gasteiger partial charge in [-0.05, 0) is 107 Å². The average Bonchev–Trinajstić information content (AvgIpc) is 3.49. The Morgan fingerprint density at radius 3 is 1.70 bits per heavy atom. The van der Waals surface area contributed by atoms with Crippen molar-refractivity contribution in [2.75, 3.05) is 0 Å². The summed E-state index contributed by atoms with van der Waals surface area (Å²) in [5.74, 6) is 0.708. The molecule has 0 fully saturated rings. The van der Waals surface area contributed by atoms with Crippen LogP contribution in [0.1, 0.15) is 25.0 Å². The highest BCUT2D eigenvalue weighted by molar-refractivity contribution is 6.06. The van der Waals surface area contributed by atoms with Crippen LogP contribution in [0.25, 0.3) is 99.6 Å². The molecule has 0 radical (unpaired) electrons. The van der Waals surface area contributed by atoms with Gasteiger partial charge in [0.15, 0.2) is 5.82 Å². The fourth-order valence-electron chi connectivity index (χ4n) is 9.15. The summed E-state index contributed by atoms with van der Waals surface area (Å²) < 4.78 is 0. The number of hydrogen-bond donors (Lipinski definition) is 0. The monoisotopic (exact) mass is 726 g/mol. The Kier molecular flexibility index (Phi) is 7.55. The number of rotatable bonds is 5. The largest absolute Gasteiger partial charge is 0.228 e. The maximum Gasteiger partial charge on any atom is 0.160 e. The Labute approximate surface area is 332 Å². The Morgan fingerprint density at radius 2 is 0.877 bits per heavy atom. The van der Waals surface area contributed by atoms with Crippen LogP contribution in [0.5, 0.6) is 0 Å². The molecular weight excluding hydrogens is 689 g/mol. The van der Waals surface area contributed by atoms with Crippen molar-refractivity contribution in [1.29, 1.82) is 0 Å². The molecule has 1 aliphatic carbocycles. The highest BCUT2D eigenvalue weighted by Gasteiger charge is 2.36. The zero-order valence-electron chi connectivity index (χ0n) is 31.9. The molecule has 10 aromatic rings. The second-order valence-electron chi connectivity index (χ2n) is 15.8. The lowest BCUT2D eigenvalue weighted by molar-refractivity contribution is 0.661. The van der Waals surface area contributed by atoms with Crippen LogP contribution in [0.15, 0.2) is 194 Å². The van der Waals surface area contributed by atoms with E-state index in [1.807, 2.05) is 6.07 Å². The quantitative estimate of drug-likeness (QED) is 0.176. The van der Waals surface area contributed by atoms with E-state index in [9.17, 15) is 0 Å². The Hall–Kier alpha value is -7.16. The van der Waals surface area contributed by atoms with Crippen LogP contribution >= 0.6 is 0 Å². The van der Waals surface area contributed by atoms with Crippen molar-refractivity contribution in [3.63, 3.8) is 0 Å². The van der Waals surface area contributed by atoms with Crippen molar-refractivity contribution in [3.05, 3.63) is 205 Å². The maximum atomic E-state index is 5.28. The summed E-state index contributed by atoms with van der Waals surface area (Å²) in [5.41, 5.74) is 15.1. The third-order valence-corrected chi connectivity index (χ3v) is 12.1. The van der Waals surface area contributed by atoms with Gasteiger partial charge in [-0.1, -0.05) is 178 Å². The number of benzene rings is 9. The van der Waals surface area contributed by atoms with Gasteiger partial charge in [0.05, 0.1) is 11.4 Å². The summed E-state index contributed by atoms with van der Waals surface area (Å²) in [4.78, 5) is 10.5. The fourth-order valence-corrected chi connectivity index (χ4v) is 9.15. The van der Waals surface area contributed by atoms with Gasteiger partial charge in [-0.2, -0.15) is 0 Å². The van der Waals surface area contributed by atoms with Gasteiger partial charge in [0.1, 0.15) is 0 Å². The average molecular weight is 727 g/mol. The van der Waals surface area contributed by atoms with E-state index in [0.29, 0.717) is 5.82 Å². The first-order chi connectivity index (χ1) is 28.0. The van der Waals surface area contributed by atoms with Crippen molar-refractivity contribution in [1.82, 2.24) is 9.97 Å². The lowest BCUT2D eigenvalue weighted by atomic mass is 9.81. The van der Waals surface area contributed by atoms with Crippen molar-refractivity contribution >= 4 is 32.3 Å². The minimum atomic E-state index is -0.0747. The molecule has 2 heteroatoms. The van der Waals surface area contributed by atoms with Crippen molar-refractivity contribution in [3.8, 4) is 67.3 Å². The van der Waals surface area contributed by atoms with E-state index < -0.39 is 0 Å². The molecular formula is C55H38N2. The summed E-state index contributed by atoms with van der Waals surface area (Å²) in [7, 11) is 0. The molecule has 1 heterocycles. The Balaban J connectivity index is 1.06. The zero-order chi connectivity index (χ0) is 38.1. The van der Waals surface area contributed by atoms with E-state index in [2.05, 4.69) is 202 Å². The molecule has 11 rings (SSSR count). The standard InChI is InChI=1S/C55H38N2/c1-55(2)50-29-26-40(32-48(50)49-31-37-17-6-7-18-38(37)33-51(49)55)44-27-28-47(46-24-11-10-23-45(44)46)53-34-52(56-54(57-53)36-15-4-3-5-16-36)41-21-12-20-39(30-41)43-25-13-19-35-14-8-9-22-42(35)43/h3-34H,1-2H3. The van der Waals surface area contributed by atoms with E-state index in [0.717, 1.165) is 39.0 Å². The van der Waals surface area contributed by atoms with E-state index >= 15 is 0 Å². The summed E-state index contributed by atoms with van der Waals surface area (Å²) in [5, 5.41) is 7.40. The van der Waals surface area contributed by atoms with Crippen molar-refractivity contribution in [2.45, 2.75) is 19.3 Å². The van der Waals surface area contributed by atoms with Gasteiger partial charge in [0, 0.05) is 22.1 Å². The van der Waals surface area contributed by atoms with Crippen LogP contribution in [-0.2, 0) is 5.41 Å². The predicted molar refractivity (Wildman–Crippen MR) is 239 cm³/mol. The molecule has 0 saturated carbocycles. The lowest BCUT2D eigenvalue weighted by Crippen LogP contribution is -2.14. The predicted octanol–water partition coefficient (Wildman–Crippen LogP) is 14.6. The van der Waals surface area contributed by atoms with Crippen LogP contribution in [0.2, 0.25) is 0 Å². The topological polar surface area (TPSA) is 25.8 Å². The Morgan fingerprint density at radius 1 is 0.316 bits per heavy atom. The van der Waals surface area contributed by atoms with Gasteiger partial charge >= 0.3 is 0 Å². The van der Waals surface area contributed by atoms with Gasteiger partial charge in [0.2, 0.25) is 0 Å². The lowest BCUT2D eigenvalue weighted by Gasteiger charge is -2.22. The van der Waals surface area contributed by atoms with E-state index in [-0.39, 0.29) is 5.41 Å². The van der Waals surface area contributed by atoms with Gasteiger partial charge in [0.25, 0.3) is 0 Å². The number of fused-ring (bicyclic) bond motifs is 6. The second-order valence-corrected chi connectivity index (χ2v) is 15.8. The summed E-state index contributed by atoms with van der Waals surface area (Å²) in [6, 6.07) is 70.2. The Bertz CT molecular complexity index is 3210. The maximum absolute atomic E-state index is 5.28. The number of hydrogen-bond acceptors (Lipinski definition) is 2. The molecule has 0 saturated heterocycles. The summed E-state index contributed by atoms with van der Waals surface area (Å²) in [6.45, 7) is 4.71. The molecule has 0 amide bonds. The highest BCUT2D eigenvalue weighted by atomic mass is 14.9. The molecule has 0 unspecified atom stereocenters. The van der Waals surface area contributed by atoms with Gasteiger partial charge in [-0.15, -0.1) is 0 Å². The molecule has 1 aliphatic rings. The van der Waals surface area contributed by atoms with Crippen LogP contribution < -0.4 is 0 Å². The molecule has 2 nitrogen and oxygen atoms in total. The molecule has 268 valence electrons. The van der Waals surface area contributed by atoms with Crippen molar-refractivity contribution < 1.29 is 0 Å². The highest BCUT2D eigenvalue weighted by Crippen LogP contribution is 2.51. The van der Waals surface area contributed by atoms with Crippen LogP contribution in [0.3, 0.4) is 0 Å². The normalized spacial score (nSPS) is 12.9. The molecule has 9 aromatic carbocycles. The molecule has 0 aliphatic heterocycles. The number of aromatic nitrogens is 2. The van der Waals surface area contributed by atoms with Crippen molar-refractivity contribution in [2.24, 2.45) is 0 Å². The number of nitrogens with zero attached hydrogens (tertiary/aromatic N) is 2. The molecule has 0 atom stereocenters. The fraction of sp³-hybridized carbons (Fsp3) is 0.0545. The SMILES string of the molecule is CC1(C)c2ccc(-c3ccc(-c4cc(-c5cccc(-c6cccc7ccccc67)c5)nc(-c5ccccc5)n4)c4ccccc34)cc2-c2cc3ccccc3cc21. The molecule has 0 bridgehead atoms. The molecule has 0 N–H and O–H groups in total.